The maximum atomic E-state index is 5.93. The van der Waals surface area contributed by atoms with Crippen LogP contribution < -0.4 is 5.73 Å². The van der Waals surface area contributed by atoms with E-state index in [1.807, 2.05) is 6.07 Å². The third-order valence-corrected chi connectivity index (χ3v) is 3.66. The van der Waals surface area contributed by atoms with E-state index in [9.17, 15) is 0 Å². The summed E-state index contributed by atoms with van der Waals surface area (Å²) in [6.07, 6.45) is 0.995. The van der Waals surface area contributed by atoms with Crippen LogP contribution in [-0.2, 0) is 6.42 Å². The Morgan fingerprint density at radius 3 is 2.56 bits per heavy atom. The van der Waals surface area contributed by atoms with Crippen LogP contribution in [0, 0.1) is 6.92 Å². The highest BCUT2D eigenvalue weighted by Crippen LogP contribution is 2.23. The average Bonchev–Trinajstić information content (AvgIpc) is 2.36. The van der Waals surface area contributed by atoms with Crippen molar-refractivity contribution in [2.75, 3.05) is 6.54 Å². The Kier molecular flexibility index (Phi) is 4.56. The van der Waals surface area contributed by atoms with E-state index < -0.39 is 0 Å². The van der Waals surface area contributed by atoms with Gasteiger partial charge in [-0.05, 0) is 43.1 Å². The first-order valence-corrected chi connectivity index (χ1v) is 6.99. The molecule has 0 saturated heterocycles. The standard InChI is InChI=1S/C16H18BrN/c1-12-4-2-5-13(8-12)9-15(11-18)14-6-3-7-16(17)10-14/h2-8,10,15H,9,11,18H2,1H3. The van der Waals surface area contributed by atoms with Gasteiger partial charge in [0.25, 0.3) is 0 Å². The van der Waals surface area contributed by atoms with Crippen molar-refractivity contribution in [3.8, 4) is 0 Å². The molecule has 0 aliphatic carbocycles. The summed E-state index contributed by atoms with van der Waals surface area (Å²) in [7, 11) is 0. The van der Waals surface area contributed by atoms with E-state index >= 15 is 0 Å². The third kappa shape index (κ3) is 3.44. The minimum absolute atomic E-state index is 0.379. The lowest BCUT2D eigenvalue weighted by Gasteiger charge is -2.16. The van der Waals surface area contributed by atoms with Crippen molar-refractivity contribution in [2.24, 2.45) is 5.73 Å². The summed E-state index contributed by atoms with van der Waals surface area (Å²) >= 11 is 3.52. The molecular weight excluding hydrogens is 286 g/mol. The van der Waals surface area contributed by atoms with Gasteiger partial charge < -0.3 is 5.73 Å². The Morgan fingerprint density at radius 1 is 1.11 bits per heavy atom. The summed E-state index contributed by atoms with van der Waals surface area (Å²) < 4.78 is 1.11. The molecule has 94 valence electrons. The van der Waals surface area contributed by atoms with Crippen LogP contribution >= 0.6 is 15.9 Å². The molecule has 18 heavy (non-hydrogen) atoms. The van der Waals surface area contributed by atoms with Gasteiger partial charge in [-0.2, -0.15) is 0 Å². The second kappa shape index (κ2) is 6.17. The molecule has 2 N–H and O–H groups in total. The summed E-state index contributed by atoms with van der Waals surface area (Å²) in [6.45, 7) is 2.80. The van der Waals surface area contributed by atoms with E-state index in [0.29, 0.717) is 12.5 Å². The highest BCUT2D eigenvalue weighted by Gasteiger charge is 2.11. The highest BCUT2D eigenvalue weighted by molar-refractivity contribution is 9.10. The van der Waals surface area contributed by atoms with Crippen molar-refractivity contribution in [3.63, 3.8) is 0 Å². The minimum Gasteiger partial charge on any atom is -0.330 e. The normalized spacial score (nSPS) is 12.4. The Bertz CT molecular complexity index is 522. The first-order valence-electron chi connectivity index (χ1n) is 6.20. The zero-order chi connectivity index (χ0) is 13.0. The highest BCUT2D eigenvalue weighted by atomic mass is 79.9. The summed E-state index contributed by atoms with van der Waals surface area (Å²) in [5.41, 5.74) is 9.88. The number of halogens is 1. The van der Waals surface area contributed by atoms with Gasteiger partial charge in [0, 0.05) is 10.4 Å². The zero-order valence-corrected chi connectivity index (χ0v) is 12.2. The van der Waals surface area contributed by atoms with Crippen LogP contribution in [-0.4, -0.2) is 6.54 Å². The van der Waals surface area contributed by atoms with E-state index in [4.69, 9.17) is 5.73 Å². The third-order valence-electron chi connectivity index (χ3n) is 3.17. The fourth-order valence-electron chi connectivity index (χ4n) is 2.22. The molecule has 0 saturated carbocycles. The maximum absolute atomic E-state index is 5.93. The number of rotatable bonds is 4. The van der Waals surface area contributed by atoms with Crippen molar-refractivity contribution >= 4 is 15.9 Å². The topological polar surface area (TPSA) is 26.0 Å². The molecule has 2 heteroatoms. The van der Waals surface area contributed by atoms with Gasteiger partial charge in [0.2, 0.25) is 0 Å². The number of benzene rings is 2. The van der Waals surface area contributed by atoms with E-state index in [1.165, 1.54) is 16.7 Å². The molecule has 0 bridgehead atoms. The van der Waals surface area contributed by atoms with Gasteiger partial charge >= 0.3 is 0 Å². The maximum Gasteiger partial charge on any atom is 0.0178 e. The Morgan fingerprint density at radius 2 is 1.89 bits per heavy atom. The van der Waals surface area contributed by atoms with Gasteiger partial charge in [-0.1, -0.05) is 57.9 Å². The van der Waals surface area contributed by atoms with Gasteiger partial charge in [0.1, 0.15) is 0 Å². The second-order valence-electron chi connectivity index (χ2n) is 4.68. The number of hydrogen-bond acceptors (Lipinski definition) is 1. The number of nitrogens with two attached hydrogens (primary N) is 1. The number of aryl methyl sites for hydroxylation is 1. The molecule has 1 atom stereocenters. The van der Waals surface area contributed by atoms with Crippen LogP contribution in [0.5, 0.6) is 0 Å². The van der Waals surface area contributed by atoms with Gasteiger partial charge in [-0.3, -0.25) is 0 Å². The van der Waals surface area contributed by atoms with Crippen molar-refractivity contribution in [1.82, 2.24) is 0 Å². The van der Waals surface area contributed by atoms with Crippen LogP contribution in [0.15, 0.2) is 53.0 Å². The van der Waals surface area contributed by atoms with Crippen LogP contribution in [0.3, 0.4) is 0 Å². The fraction of sp³-hybridized carbons (Fsp3) is 0.250. The predicted octanol–water partition coefficient (Wildman–Crippen LogP) is 4.04. The fourth-order valence-corrected chi connectivity index (χ4v) is 2.64. The molecule has 2 rings (SSSR count). The van der Waals surface area contributed by atoms with Gasteiger partial charge in [0.15, 0.2) is 0 Å². The molecule has 0 heterocycles. The van der Waals surface area contributed by atoms with Crippen LogP contribution in [0.4, 0.5) is 0 Å². The first kappa shape index (κ1) is 13.3. The summed E-state index contributed by atoms with van der Waals surface area (Å²) in [5.74, 6) is 0.379. The lowest BCUT2D eigenvalue weighted by atomic mass is 9.91. The van der Waals surface area contributed by atoms with E-state index in [-0.39, 0.29) is 0 Å². The minimum atomic E-state index is 0.379. The van der Waals surface area contributed by atoms with E-state index in [1.54, 1.807) is 0 Å². The lowest BCUT2D eigenvalue weighted by molar-refractivity contribution is 0.693. The predicted molar refractivity (Wildman–Crippen MR) is 80.8 cm³/mol. The molecule has 0 spiro atoms. The molecule has 0 aliphatic rings. The van der Waals surface area contributed by atoms with Crippen LogP contribution in [0.2, 0.25) is 0 Å². The molecule has 1 unspecified atom stereocenters. The Labute approximate surface area is 117 Å². The molecule has 0 fully saturated rings. The molecule has 2 aromatic rings. The van der Waals surface area contributed by atoms with Crippen molar-refractivity contribution in [3.05, 3.63) is 69.7 Å². The molecule has 0 aromatic heterocycles. The summed E-state index contributed by atoms with van der Waals surface area (Å²) in [4.78, 5) is 0. The van der Waals surface area contributed by atoms with Gasteiger partial charge in [0.05, 0.1) is 0 Å². The Balaban J connectivity index is 2.19. The smallest absolute Gasteiger partial charge is 0.0178 e. The quantitative estimate of drug-likeness (QED) is 0.906. The second-order valence-corrected chi connectivity index (χ2v) is 5.60. The van der Waals surface area contributed by atoms with Crippen molar-refractivity contribution < 1.29 is 0 Å². The monoisotopic (exact) mass is 303 g/mol. The SMILES string of the molecule is Cc1cccc(CC(CN)c2cccc(Br)c2)c1. The summed E-state index contributed by atoms with van der Waals surface area (Å²) in [5, 5.41) is 0. The molecular formula is C16H18BrN. The van der Waals surface area contributed by atoms with Crippen molar-refractivity contribution in [1.29, 1.82) is 0 Å². The van der Waals surface area contributed by atoms with Gasteiger partial charge in [-0.15, -0.1) is 0 Å². The van der Waals surface area contributed by atoms with Crippen LogP contribution in [0.1, 0.15) is 22.6 Å². The Hall–Kier alpha value is -1.12. The van der Waals surface area contributed by atoms with E-state index in [2.05, 4.69) is 65.3 Å². The number of hydrogen-bond donors (Lipinski definition) is 1. The van der Waals surface area contributed by atoms with Crippen molar-refractivity contribution in [2.45, 2.75) is 19.3 Å². The molecule has 1 nitrogen and oxygen atoms in total. The largest absolute Gasteiger partial charge is 0.330 e. The lowest BCUT2D eigenvalue weighted by Crippen LogP contribution is -2.15. The molecule has 0 amide bonds. The average molecular weight is 304 g/mol. The molecule has 0 radical (unpaired) electrons. The zero-order valence-electron chi connectivity index (χ0n) is 10.6. The molecule has 0 aliphatic heterocycles. The van der Waals surface area contributed by atoms with E-state index in [0.717, 1.165) is 10.9 Å². The van der Waals surface area contributed by atoms with Gasteiger partial charge in [-0.25, -0.2) is 0 Å². The first-order chi connectivity index (χ1) is 8.69. The van der Waals surface area contributed by atoms with Crippen LogP contribution in [0.25, 0.3) is 0 Å². The summed E-state index contributed by atoms with van der Waals surface area (Å²) in [6, 6.07) is 17.1. The molecule has 2 aromatic carbocycles.